The van der Waals surface area contributed by atoms with Crippen molar-refractivity contribution in [1.29, 1.82) is 0 Å². The van der Waals surface area contributed by atoms with Crippen LogP contribution in [0.5, 0.6) is 0 Å². The van der Waals surface area contributed by atoms with Gasteiger partial charge < -0.3 is 28.4 Å². The minimum atomic E-state index is -1.24. The lowest BCUT2D eigenvalue weighted by molar-refractivity contribution is -0.306. The van der Waals surface area contributed by atoms with Crippen molar-refractivity contribution in [3.8, 4) is 0 Å². The van der Waals surface area contributed by atoms with Crippen molar-refractivity contribution in [3.63, 3.8) is 0 Å². The third-order valence-electron chi connectivity index (χ3n) is 4.73. The largest absolute Gasteiger partial charge is 0.463 e. The number of hydrogen-bond donors (Lipinski definition) is 0. The molecule has 1 fully saturated rings. The number of hydrogen-bond acceptors (Lipinski definition) is 10. The molecule has 1 rings (SSSR count). The molecule has 0 saturated carbocycles. The van der Waals surface area contributed by atoms with E-state index < -0.39 is 54.6 Å². The summed E-state index contributed by atoms with van der Waals surface area (Å²) >= 11 is 0. The quantitative estimate of drug-likeness (QED) is 0.246. The van der Waals surface area contributed by atoms with Gasteiger partial charge in [0, 0.05) is 27.7 Å². The summed E-state index contributed by atoms with van der Waals surface area (Å²) in [6.45, 7) is 10.6. The fourth-order valence-corrected chi connectivity index (χ4v) is 3.30. The van der Waals surface area contributed by atoms with E-state index in [0.717, 1.165) is 18.4 Å². The van der Waals surface area contributed by atoms with Crippen LogP contribution in [0.1, 0.15) is 61.3 Å². The van der Waals surface area contributed by atoms with E-state index in [1.165, 1.54) is 33.3 Å². The number of carbonyl (C=O) groups excluding carboxylic acids is 4. The minimum absolute atomic E-state index is 0.119. The second-order valence-electron chi connectivity index (χ2n) is 8.27. The predicted molar refractivity (Wildman–Crippen MR) is 120 cm³/mol. The maximum atomic E-state index is 11.8. The van der Waals surface area contributed by atoms with Crippen molar-refractivity contribution in [2.75, 3.05) is 13.2 Å². The summed E-state index contributed by atoms with van der Waals surface area (Å²) in [6, 6.07) is 0. The van der Waals surface area contributed by atoms with E-state index in [0.29, 0.717) is 0 Å². The zero-order chi connectivity index (χ0) is 25.8. The van der Waals surface area contributed by atoms with Gasteiger partial charge in [0.1, 0.15) is 12.7 Å². The summed E-state index contributed by atoms with van der Waals surface area (Å²) in [5.74, 6) is -2.63. The Morgan fingerprint density at radius 3 is 1.82 bits per heavy atom. The Balaban J connectivity index is 3.15. The molecule has 1 aliphatic heterocycles. The van der Waals surface area contributed by atoms with E-state index >= 15 is 0 Å². The number of rotatable bonds is 11. The zero-order valence-electron chi connectivity index (χ0n) is 21.0. The average molecular weight is 485 g/mol. The monoisotopic (exact) mass is 484 g/mol. The molecule has 0 spiro atoms. The van der Waals surface area contributed by atoms with Crippen LogP contribution in [-0.4, -0.2) is 67.8 Å². The molecule has 1 aliphatic rings. The molecule has 0 amide bonds. The van der Waals surface area contributed by atoms with Crippen LogP contribution in [-0.2, 0) is 47.6 Å². The Morgan fingerprint density at radius 1 is 0.735 bits per heavy atom. The second kappa shape index (κ2) is 14.5. The molecular formula is C24H36O10. The van der Waals surface area contributed by atoms with Crippen molar-refractivity contribution >= 4 is 23.9 Å². The van der Waals surface area contributed by atoms with Crippen LogP contribution in [0.2, 0.25) is 0 Å². The highest BCUT2D eigenvalue weighted by Gasteiger charge is 2.52. The summed E-state index contributed by atoms with van der Waals surface area (Å²) in [5.41, 5.74) is 2.32. The number of ether oxygens (including phenoxy) is 6. The van der Waals surface area contributed by atoms with E-state index in [1.807, 2.05) is 26.8 Å². The van der Waals surface area contributed by atoms with Gasteiger partial charge in [0.15, 0.2) is 24.6 Å². The first kappa shape index (κ1) is 29.3. The molecule has 5 atom stereocenters. The van der Waals surface area contributed by atoms with Gasteiger partial charge in [-0.1, -0.05) is 23.3 Å². The van der Waals surface area contributed by atoms with E-state index in [2.05, 4.69) is 6.08 Å². The second-order valence-corrected chi connectivity index (χ2v) is 8.27. The van der Waals surface area contributed by atoms with Gasteiger partial charge in [-0.25, -0.2) is 0 Å². The first-order valence-corrected chi connectivity index (χ1v) is 11.1. The molecule has 0 aliphatic carbocycles. The summed E-state index contributed by atoms with van der Waals surface area (Å²) < 4.78 is 32.8. The average Bonchev–Trinajstić information content (AvgIpc) is 2.69. The van der Waals surface area contributed by atoms with Gasteiger partial charge in [-0.15, -0.1) is 0 Å². The molecule has 0 aromatic carbocycles. The maximum absolute atomic E-state index is 11.8. The summed E-state index contributed by atoms with van der Waals surface area (Å²) in [4.78, 5) is 46.7. The van der Waals surface area contributed by atoms with Crippen LogP contribution in [0.25, 0.3) is 0 Å². The Bertz CT molecular complexity index is 781. The predicted octanol–water partition coefficient (Wildman–Crippen LogP) is 2.78. The highest BCUT2D eigenvalue weighted by molar-refractivity contribution is 5.68. The van der Waals surface area contributed by atoms with Gasteiger partial charge in [0.05, 0.1) is 6.61 Å². The van der Waals surface area contributed by atoms with Crippen LogP contribution in [0.15, 0.2) is 23.3 Å². The normalized spacial score (nSPS) is 24.6. The van der Waals surface area contributed by atoms with Crippen molar-refractivity contribution in [2.45, 2.75) is 92.0 Å². The lowest BCUT2D eigenvalue weighted by Crippen LogP contribution is -2.62. The fourth-order valence-electron chi connectivity index (χ4n) is 3.30. The van der Waals surface area contributed by atoms with E-state index in [4.69, 9.17) is 28.4 Å². The maximum Gasteiger partial charge on any atom is 0.303 e. The molecule has 0 bridgehead atoms. The van der Waals surface area contributed by atoms with Crippen molar-refractivity contribution in [3.05, 3.63) is 23.3 Å². The molecule has 34 heavy (non-hydrogen) atoms. The van der Waals surface area contributed by atoms with Crippen LogP contribution in [0.3, 0.4) is 0 Å². The van der Waals surface area contributed by atoms with Crippen LogP contribution in [0, 0.1) is 0 Å². The molecule has 0 N–H and O–H groups in total. The van der Waals surface area contributed by atoms with Crippen molar-refractivity contribution in [2.24, 2.45) is 0 Å². The number of carbonyl (C=O) groups is 4. The summed E-state index contributed by atoms with van der Waals surface area (Å²) in [6.07, 6.45) is -0.141. The Kier molecular flexibility index (Phi) is 12.5. The molecule has 0 aromatic heterocycles. The van der Waals surface area contributed by atoms with Gasteiger partial charge in [0.25, 0.3) is 0 Å². The zero-order valence-corrected chi connectivity index (χ0v) is 21.0. The molecule has 0 unspecified atom stereocenters. The van der Waals surface area contributed by atoms with Gasteiger partial charge in [-0.2, -0.15) is 0 Å². The van der Waals surface area contributed by atoms with E-state index in [-0.39, 0.29) is 13.2 Å². The molecule has 0 aromatic rings. The SMILES string of the molecule is CC(=O)OC[C@H]1O[C@@H](OC/C=C(/C)CCC=C(C)C)[C@H](OC(C)=O)[C@@H](OC(C)=O)[C@@H]1OC(C)=O. The molecule has 10 heteroatoms. The molecule has 10 nitrogen and oxygen atoms in total. The smallest absolute Gasteiger partial charge is 0.303 e. The van der Waals surface area contributed by atoms with E-state index in [1.54, 1.807) is 0 Å². The Hall–Kier alpha value is -2.72. The first-order valence-electron chi connectivity index (χ1n) is 11.1. The third-order valence-corrected chi connectivity index (χ3v) is 4.73. The molecule has 0 radical (unpaired) electrons. The lowest BCUT2D eigenvalue weighted by Gasteiger charge is -2.43. The van der Waals surface area contributed by atoms with Crippen LogP contribution in [0.4, 0.5) is 0 Å². The van der Waals surface area contributed by atoms with Crippen molar-refractivity contribution < 1.29 is 47.6 Å². The highest BCUT2D eigenvalue weighted by atomic mass is 16.7. The van der Waals surface area contributed by atoms with Gasteiger partial charge in [0.2, 0.25) is 0 Å². The van der Waals surface area contributed by atoms with Crippen LogP contribution < -0.4 is 0 Å². The lowest BCUT2D eigenvalue weighted by atomic mass is 9.98. The molecule has 1 heterocycles. The Labute approximate surface area is 200 Å². The van der Waals surface area contributed by atoms with Gasteiger partial charge in [-0.3, -0.25) is 19.2 Å². The van der Waals surface area contributed by atoms with Gasteiger partial charge in [-0.05, 0) is 33.6 Å². The van der Waals surface area contributed by atoms with Gasteiger partial charge >= 0.3 is 23.9 Å². The highest BCUT2D eigenvalue weighted by Crippen LogP contribution is 2.30. The molecule has 192 valence electrons. The minimum Gasteiger partial charge on any atom is -0.463 e. The molecule has 1 saturated heterocycles. The van der Waals surface area contributed by atoms with E-state index in [9.17, 15) is 19.2 Å². The summed E-state index contributed by atoms with van der Waals surface area (Å²) in [7, 11) is 0. The standard InChI is InChI=1S/C24H36O10/c1-14(2)9-8-10-15(3)11-12-29-24-23(33-19(7)28)22(32-18(6)27)21(31-17(5)26)20(34-24)13-30-16(4)25/h9,11,20-24H,8,10,12-13H2,1-7H3/b15-11-/t20-,21-,22+,23-,24-/m1/s1. The number of esters is 4. The Morgan fingerprint density at radius 2 is 1.29 bits per heavy atom. The van der Waals surface area contributed by atoms with Crippen LogP contribution >= 0.6 is 0 Å². The van der Waals surface area contributed by atoms with Crippen molar-refractivity contribution in [1.82, 2.24) is 0 Å². The first-order chi connectivity index (χ1) is 15.9. The topological polar surface area (TPSA) is 124 Å². The third kappa shape index (κ3) is 10.9. The molecular weight excluding hydrogens is 448 g/mol. The fraction of sp³-hybridized carbons (Fsp3) is 0.667. The number of allylic oxidation sites excluding steroid dienone is 3. The summed E-state index contributed by atoms with van der Waals surface area (Å²) in [5, 5.41) is 0.